The first-order chi connectivity index (χ1) is 9.17. The van der Waals surface area contributed by atoms with Gasteiger partial charge in [-0.05, 0) is 37.3 Å². The van der Waals surface area contributed by atoms with Gasteiger partial charge in [0.05, 0.1) is 29.2 Å². The zero-order valence-corrected chi connectivity index (χ0v) is 11.0. The van der Waals surface area contributed by atoms with E-state index >= 15 is 0 Å². The van der Waals surface area contributed by atoms with Gasteiger partial charge >= 0.3 is 0 Å². The van der Waals surface area contributed by atoms with E-state index in [1.54, 1.807) is 6.07 Å². The molecule has 2 aromatic heterocycles. The first-order valence-corrected chi connectivity index (χ1v) is 6.13. The molecule has 0 aliphatic rings. The third kappa shape index (κ3) is 2.04. The summed E-state index contributed by atoms with van der Waals surface area (Å²) in [6, 6.07) is 9.43. The Balaban J connectivity index is 2.14. The van der Waals surface area contributed by atoms with Gasteiger partial charge < -0.3 is 14.1 Å². The molecular formula is C13H10N4OS. The van der Waals surface area contributed by atoms with Crippen LogP contribution in [0.3, 0.4) is 0 Å². The van der Waals surface area contributed by atoms with Crippen LogP contribution in [-0.4, -0.2) is 14.7 Å². The van der Waals surface area contributed by atoms with E-state index in [1.165, 1.54) is 0 Å². The van der Waals surface area contributed by atoms with Crippen molar-refractivity contribution in [1.29, 1.82) is 5.26 Å². The summed E-state index contributed by atoms with van der Waals surface area (Å²) in [6.07, 6.45) is 0. The van der Waals surface area contributed by atoms with Gasteiger partial charge in [-0.25, -0.2) is 0 Å². The molecule has 0 aliphatic carbocycles. The number of aromatic nitrogens is 3. The zero-order chi connectivity index (χ0) is 13.4. The smallest absolute Gasteiger partial charge is 0.178 e. The number of nitriles is 1. The second-order valence-electron chi connectivity index (χ2n) is 4.29. The van der Waals surface area contributed by atoms with Crippen molar-refractivity contribution in [1.82, 2.24) is 14.7 Å². The van der Waals surface area contributed by atoms with E-state index in [4.69, 9.17) is 22.0 Å². The van der Waals surface area contributed by atoms with Crippen LogP contribution in [0, 0.1) is 23.0 Å². The van der Waals surface area contributed by atoms with Crippen molar-refractivity contribution in [2.45, 2.75) is 13.5 Å². The lowest BCUT2D eigenvalue weighted by Gasteiger charge is -2.01. The van der Waals surface area contributed by atoms with Crippen LogP contribution in [0.15, 0.2) is 28.8 Å². The molecule has 0 spiro atoms. The first-order valence-electron chi connectivity index (χ1n) is 5.72. The lowest BCUT2D eigenvalue weighted by Crippen LogP contribution is -1.99. The van der Waals surface area contributed by atoms with Crippen LogP contribution < -0.4 is 0 Å². The molecule has 5 nitrogen and oxygen atoms in total. The number of hydrogen-bond acceptors (Lipinski definition) is 4. The minimum Gasteiger partial charge on any atom is -0.361 e. The molecule has 0 fully saturated rings. The van der Waals surface area contributed by atoms with Crippen LogP contribution in [0.4, 0.5) is 0 Å². The van der Waals surface area contributed by atoms with Crippen LogP contribution >= 0.6 is 12.2 Å². The summed E-state index contributed by atoms with van der Waals surface area (Å²) in [4.78, 5) is 3.12. The molecule has 0 unspecified atom stereocenters. The second kappa shape index (κ2) is 4.37. The van der Waals surface area contributed by atoms with Gasteiger partial charge in [0, 0.05) is 6.07 Å². The zero-order valence-electron chi connectivity index (χ0n) is 10.2. The van der Waals surface area contributed by atoms with Gasteiger partial charge in [0.25, 0.3) is 0 Å². The summed E-state index contributed by atoms with van der Waals surface area (Å²) in [5, 5.41) is 12.9. The van der Waals surface area contributed by atoms with Crippen molar-refractivity contribution in [3.05, 3.63) is 46.1 Å². The molecule has 2 heterocycles. The molecule has 3 aromatic rings. The Morgan fingerprint density at radius 1 is 1.47 bits per heavy atom. The minimum atomic E-state index is 0.519. The van der Waals surface area contributed by atoms with Crippen molar-refractivity contribution >= 4 is 23.3 Å². The van der Waals surface area contributed by atoms with E-state index < -0.39 is 0 Å². The third-order valence-corrected chi connectivity index (χ3v) is 3.22. The van der Waals surface area contributed by atoms with E-state index in [1.807, 2.05) is 29.7 Å². The van der Waals surface area contributed by atoms with Crippen molar-refractivity contribution in [3.8, 4) is 6.07 Å². The molecule has 0 saturated heterocycles. The third-order valence-electron chi connectivity index (χ3n) is 2.90. The minimum absolute atomic E-state index is 0.519. The van der Waals surface area contributed by atoms with E-state index in [0.717, 1.165) is 22.5 Å². The molecular weight excluding hydrogens is 260 g/mol. The lowest BCUT2D eigenvalue weighted by atomic mass is 10.2. The van der Waals surface area contributed by atoms with Crippen molar-refractivity contribution in [2.75, 3.05) is 0 Å². The van der Waals surface area contributed by atoms with Gasteiger partial charge in [-0.2, -0.15) is 5.26 Å². The predicted octanol–water partition coefficient (Wildman–Crippen LogP) is 2.92. The van der Waals surface area contributed by atoms with Crippen LogP contribution in [0.1, 0.15) is 17.0 Å². The lowest BCUT2D eigenvalue weighted by molar-refractivity contribution is 0.389. The number of hydrogen-bond donors (Lipinski definition) is 1. The average Bonchev–Trinajstić information content (AvgIpc) is 2.94. The molecule has 0 amide bonds. The quantitative estimate of drug-likeness (QED) is 0.727. The van der Waals surface area contributed by atoms with Crippen molar-refractivity contribution in [2.24, 2.45) is 0 Å². The van der Waals surface area contributed by atoms with Crippen LogP contribution in [0.2, 0.25) is 0 Å². The molecule has 3 rings (SSSR count). The van der Waals surface area contributed by atoms with Gasteiger partial charge in [0.15, 0.2) is 4.77 Å². The molecule has 19 heavy (non-hydrogen) atoms. The number of nitrogens with one attached hydrogen (secondary N) is 1. The van der Waals surface area contributed by atoms with Gasteiger partial charge in [-0.15, -0.1) is 0 Å². The van der Waals surface area contributed by atoms with Crippen LogP contribution in [-0.2, 0) is 6.54 Å². The Bertz CT molecular complexity index is 850. The largest absolute Gasteiger partial charge is 0.361 e. The fraction of sp³-hybridized carbons (Fsp3) is 0.154. The molecule has 1 aromatic carbocycles. The number of benzene rings is 1. The maximum absolute atomic E-state index is 8.96. The van der Waals surface area contributed by atoms with E-state index in [9.17, 15) is 0 Å². The number of nitrogens with zero attached hydrogens (tertiary/aromatic N) is 3. The predicted molar refractivity (Wildman–Crippen MR) is 72.2 cm³/mol. The van der Waals surface area contributed by atoms with Crippen molar-refractivity contribution < 1.29 is 4.52 Å². The summed E-state index contributed by atoms with van der Waals surface area (Å²) in [5.74, 6) is 0.763. The Morgan fingerprint density at radius 3 is 3.00 bits per heavy atom. The summed E-state index contributed by atoms with van der Waals surface area (Å²) in [6.45, 7) is 2.36. The van der Waals surface area contributed by atoms with Gasteiger partial charge in [0.1, 0.15) is 11.5 Å². The van der Waals surface area contributed by atoms with Crippen molar-refractivity contribution in [3.63, 3.8) is 0 Å². The summed E-state index contributed by atoms with van der Waals surface area (Å²) in [7, 11) is 0. The summed E-state index contributed by atoms with van der Waals surface area (Å²) < 4.78 is 7.56. The highest BCUT2D eigenvalue weighted by Crippen LogP contribution is 2.17. The molecule has 94 valence electrons. The Kier molecular flexibility index (Phi) is 2.69. The molecule has 0 saturated carbocycles. The van der Waals surface area contributed by atoms with Gasteiger partial charge in [0.2, 0.25) is 0 Å². The Hall–Kier alpha value is -2.39. The standard InChI is InChI=1S/C13H10N4OS/c1-8-4-10(16-18-8)7-17-12-5-9(6-14)2-3-11(12)15-13(17)19/h2-5H,7H2,1H3,(H,15,19). The first kappa shape index (κ1) is 11.7. The highest BCUT2D eigenvalue weighted by atomic mass is 32.1. The highest BCUT2D eigenvalue weighted by molar-refractivity contribution is 7.71. The van der Waals surface area contributed by atoms with E-state index in [-0.39, 0.29) is 0 Å². The van der Waals surface area contributed by atoms with Crippen LogP contribution in [0.25, 0.3) is 11.0 Å². The average molecular weight is 270 g/mol. The monoisotopic (exact) mass is 270 g/mol. The molecule has 0 atom stereocenters. The molecule has 0 bridgehead atoms. The highest BCUT2D eigenvalue weighted by Gasteiger charge is 2.08. The topological polar surface area (TPSA) is 70.5 Å². The molecule has 0 aliphatic heterocycles. The number of rotatable bonds is 2. The SMILES string of the molecule is Cc1cc(Cn2c(=S)[nH]c3ccc(C#N)cc32)no1. The Labute approximate surface area is 114 Å². The number of H-pyrrole nitrogens is 1. The van der Waals surface area contributed by atoms with Gasteiger partial charge in [-0.3, -0.25) is 0 Å². The maximum atomic E-state index is 8.96. The fourth-order valence-corrected chi connectivity index (χ4v) is 2.31. The van der Waals surface area contributed by atoms with Gasteiger partial charge in [-0.1, -0.05) is 5.16 Å². The Morgan fingerprint density at radius 2 is 2.32 bits per heavy atom. The number of aryl methyl sites for hydroxylation is 1. The maximum Gasteiger partial charge on any atom is 0.178 e. The molecule has 1 N–H and O–H groups in total. The second-order valence-corrected chi connectivity index (χ2v) is 4.68. The fourth-order valence-electron chi connectivity index (χ4n) is 2.03. The number of imidazole rings is 1. The summed E-state index contributed by atoms with van der Waals surface area (Å²) in [5.41, 5.74) is 3.21. The molecule has 0 radical (unpaired) electrons. The molecule has 6 heteroatoms. The normalized spacial score (nSPS) is 10.7. The van der Waals surface area contributed by atoms with E-state index in [0.29, 0.717) is 16.9 Å². The summed E-state index contributed by atoms with van der Waals surface area (Å²) >= 11 is 5.30. The number of aromatic amines is 1. The number of fused-ring (bicyclic) bond motifs is 1. The van der Waals surface area contributed by atoms with Crippen LogP contribution in [0.5, 0.6) is 0 Å². The van der Waals surface area contributed by atoms with E-state index in [2.05, 4.69) is 16.2 Å².